The molecule has 1 aromatic heterocycles. The van der Waals surface area contributed by atoms with Crippen molar-refractivity contribution in [2.45, 2.75) is 0 Å². The van der Waals surface area contributed by atoms with E-state index in [-0.39, 0.29) is 40.2 Å². The predicted octanol–water partition coefficient (Wildman–Crippen LogP) is 3.02. The molecule has 0 atom stereocenters. The molecule has 2 rings (SSSR count). The largest absolute Gasteiger partial charge is 0.256 e. The molecule has 1 nitrogen and oxygen atoms in total. The first-order valence-electron chi connectivity index (χ1n) is 4.14. The Bertz CT molecular complexity index is 449. The first-order chi connectivity index (χ1) is 6.77. The van der Waals surface area contributed by atoms with Crippen LogP contribution in [-0.4, -0.2) is 4.98 Å². The second-order valence-electron chi connectivity index (χ2n) is 2.84. The molecule has 2 radical (unpaired) electrons. The molecule has 0 aliphatic carbocycles. The SMILES string of the molecule is Fc1ccc(-c2ccccn2)c(F)c1.[Ir].[Ir]. The van der Waals surface area contributed by atoms with E-state index in [1.165, 1.54) is 12.1 Å². The molecule has 0 saturated heterocycles. The fraction of sp³-hybridized carbons (Fsp3) is 0. The normalized spacial score (nSPS) is 8.88. The first kappa shape index (κ1) is 15.5. The maximum Gasteiger partial charge on any atom is 0.135 e. The summed E-state index contributed by atoms with van der Waals surface area (Å²) in [5, 5.41) is 0. The van der Waals surface area contributed by atoms with Gasteiger partial charge in [0.15, 0.2) is 0 Å². The van der Waals surface area contributed by atoms with Gasteiger partial charge in [0.25, 0.3) is 0 Å². The molecule has 0 unspecified atom stereocenters. The van der Waals surface area contributed by atoms with Crippen molar-refractivity contribution in [3.8, 4) is 11.3 Å². The van der Waals surface area contributed by atoms with Crippen LogP contribution in [0.4, 0.5) is 8.78 Å². The zero-order valence-corrected chi connectivity index (χ0v) is 12.7. The minimum Gasteiger partial charge on any atom is -0.256 e. The Morgan fingerprint density at radius 3 is 2.25 bits per heavy atom. The van der Waals surface area contributed by atoms with Crippen molar-refractivity contribution in [3.05, 3.63) is 54.2 Å². The maximum absolute atomic E-state index is 13.3. The van der Waals surface area contributed by atoms with Gasteiger partial charge in [0.1, 0.15) is 11.6 Å². The molecule has 1 heterocycles. The van der Waals surface area contributed by atoms with Gasteiger partial charge in [0.2, 0.25) is 0 Å². The zero-order chi connectivity index (χ0) is 9.97. The molecule has 0 spiro atoms. The molecule has 0 amide bonds. The summed E-state index contributed by atoms with van der Waals surface area (Å²) in [6.45, 7) is 0. The van der Waals surface area contributed by atoms with Gasteiger partial charge >= 0.3 is 0 Å². The third-order valence-corrected chi connectivity index (χ3v) is 1.87. The van der Waals surface area contributed by atoms with Crippen LogP contribution in [0.25, 0.3) is 11.3 Å². The molecule has 2 aromatic rings. The number of benzene rings is 1. The summed E-state index contributed by atoms with van der Waals surface area (Å²) in [6, 6.07) is 8.62. The van der Waals surface area contributed by atoms with Crippen molar-refractivity contribution in [3.63, 3.8) is 0 Å². The Labute approximate surface area is 119 Å². The van der Waals surface area contributed by atoms with Gasteiger partial charge in [-0.3, -0.25) is 4.98 Å². The summed E-state index contributed by atoms with van der Waals surface area (Å²) in [5.41, 5.74) is 0.817. The third-order valence-electron chi connectivity index (χ3n) is 1.87. The predicted molar refractivity (Wildman–Crippen MR) is 49.6 cm³/mol. The minimum absolute atomic E-state index is 0. The van der Waals surface area contributed by atoms with Crippen molar-refractivity contribution in [2.24, 2.45) is 0 Å². The molecular weight excluding hydrogens is 569 g/mol. The van der Waals surface area contributed by atoms with Crippen LogP contribution >= 0.6 is 0 Å². The van der Waals surface area contributed by atoms with Crippen molar-refractivity contribution < 1.29 is 49.0 Å². The van der Waals surface area contributed by atoms with E-state index >= 15 is 0 Å². The molecule has 1 aromatic carbocycles. The van der Waals surface area contributed by atoms with Crippen LogP contribution in [0.5, 0.6) is 0 Å². The molecule has 0 aliphatic heterocycles. The van der Waals surface area contributed by atoms with E-state index in [1.807, 2.05) is 0 Å². The number of hydrogen-bond acceptors (Lipinski definition) is 1. The molecule has 0 bridgehead atoms. The van der Waals surface area contributed by atoms with Gasteiger partial charge < -0.3 is 0 Å². The Hall–Kier alpha value is -0.471. The molecule has 5 heteroatoms. The Morgan fingerprint density at radius 2 is 1.69 bits per heavy atom. The van der Waals surface area contributed by atoms with E-state index in [0.717, 1.165) is 6.07 Å². The summed E-state index contributed by atoms with van der Waals surface area (Å²) in [4.78, 5) is 3.98. The van der Waals surface area contributed by atoms with Crippen molar-refractivity contribution in [2.75, 3.05) is 0 Å². The molecular formula is C11H7F2Ir2N. The third kappa shape index (κ3) is 3.53. The number of aromatic nitrogens is 1. The van der Waals surface area contributed by atoms with Crippen molar-refractivity contribution in [1.29, 1.82) is 0 Å². The topological polar surface area (TPSA) is 12.9 Å². The Morgan fingerprint density at radius 1 is 0.938 bits per heavy atom. The fourth-order valence-corrected chi connectivity index (χ4v) is 1.22. The van der Waals surface area contributed by atoms with Crippen LogP contribution in [0.3, 0.4) is 0 Å². The number of hydrogen-bond donors (Lipinski definition) is 0. The minimum atomic E-state index is -0.594. The zero-order valence-electron chi connectivity index (χ0n) is 7.91. The molecule has 0 saturated carbocycles. The number of halogens is 2. The van der Waals surface area contributed by atoms with Gasteiger partial charge in [0.05, 0.1) is 5.69 Å². The van der Waals surface area contributed by atoms with Crippen LogP contribution in [0.1, 0.15) is 0 Å². The monoisotopic (exact) mass is 577 g/mol. The first-order valence-corrected chi connectivity index (χ1v) is 4.14. The quantitative estimate of drug-likeness (QED) is 0.510. The summed E-state index contributed by atoms with van der Waals surface area (Å²) >= 11 is 0. The van der Waals surface area contributed by atoms with Crippen LogP contribution in [0.2, 0.25) is 0 Å². The average molecular weight is 576 g/mol. The van der Waals surface area contributed by atoms with Gasteiger partial charge in [-0.15, -0.1) is 0 Å². The van der Waals surface area contributed by atoms with Crippen LogP contribution < -0.4 is 0 Å². The van der Waals surface area contributed by atoms with Gasteiger partial charge in [-0.05, 0) is 24.3 Å². The molecule has 0 fully saturated rings. The fourth-order valence-electron chi connectivity index (χ4n) is 1.22. The van der Waals surface area contributed by atoms with Gasteiger partial charge in [-0.2, -0.15) is 0 Å². The van der Waals surface area contributed by atoms with E-state index in [0.29, 0.717) is 11.3 Å². The Kier molecular flexibility index (Phi) is 6.77. The summed E-state index contributed by atoms with van der Waals surface area (Å²) < 4.78 is 25.9. The maximum atomic E-state index is 13.3. The smallest absolute Gasteiger partial charge is 0.135 e. The van der Waals surface area contributed by atoms with Crippen LogP contribution in [0.15, 0.2) is 42.6 Å². The van der Waals surface area contributed by atoms with Crippen molar-refractivity contribution in [1.82, 2.24) is 4.98 Å². The van der Waals surface area contributed by atoms with E-state index in [2.05, 4.69) is 4.98 Å². The van der Waals surface area contributed by atoms with Crippen LogP contribution in [0, 0.1) is 11.6 Å². The summed E-state index contributed by atoms with van der Waals surface area (Å²) in [7, 11) is 0. The Balaban J connectivity index is 0.00000112. The standard InChI is InChI=1S/C11H7F2N.2Ir/c12-8-4-5-9(10(13)7-8)11-3-1-2-6-14-11;;/h1-7H;;. The number of nitrogens with zero attached hydrogens (tertiary/aromatic N) is 1. The molecule has 16 heavy (non-hydrogen) atoms. The summed E-state index contributed by atoms with van der Waals surface area (Å²) in [5.74, 6) is -1.18. The number of rotatable bonds is 1. The van der Waals surface area contributed by atoms with E-state index in [4.69, 9.17) is 0 Å². The van der Waals surface area contributed by atoms with E-state index in [9.17, 15) is 8.78 Å². The summed E-state index contributed by atoms with van der Waals surface area (Å²) in [6.07, 6.45) is 1.57. The number of pyridine rings is 1. The van der Waals surface area contributed by atoms with Crippen molar-refractivity contribution >= 4 is 0 Å². The molecule has 88 valence electrons. The van der Waals surface area contributed by atoms with Gasteiger partial charge in [-0.1, -0.05) is 6.07 Å². The van der Waals surface area contributed by atoms with E-state index < -0.39 is 11.6 Å². The molecule has 0 N–H and O–H groups in total. The van der Waals surface area contributed by atoms with Gasteiger partial charge in [0, 0.05) is 58.0 Å². The van der Waals surface area contributed by atoms with E-state index in [1.54, 1.807) is 24.4 Å². The molecule has 0 aliphatic rings. The van der Waals surface area contributed by atoms with Crippen LogP contribution in [-0.2, 0) is 40.2 Å². The average Bonchev–Trinajstić information content (AvgIpc) is 2.19. The second kappa shape index (κ2) is 6.97. The second-order valence-corrected chi connectivity index (χ2v) is 2.84. The van der Waals surface area contributed by atoms with Gasteiger partial charge in [-0.25, -0.2) is 8.78 Å².